The van der Waals surface area contributed by atoms with Crippen molar-refractivity contribution < 1.29 is 9.53 Å². The second-order valence-electron chi connectivity index (χ2n) is 4.28. The average molecular weight is 234 g/mol. The average Bonchev–Trinajstić information content (AvgIpc) is 2.75. The van der Waals surface area contributed by atoms with Crippen LogP contribution in [0.25, 0.3) is 0 Å². The van der Waals surface area contributed by atoms with Gasteiger partial charge in [-0.05, 0) is 24.1 Å². The van der Waals surface area contributed by atoms with Crippen LogP contribution in [0.15, 0.2) is 18.2 Å². The molecule has 0 radical (unpaired) electrons. The molecule has 3 rings (SSSR count). The lowest BCUT2D eigenvalue weighted by molar-refractivity contribution is -0.118. The van der Waals surface area contributed by atoms with Crippen molar-refractivity contribution in [2.75, 3.05) is 11.9 Å². The van der Waals surface area contributed by atoms with Crippen molar-refractivity contribution in [3.05, 3.63) is 23.8 Å². The predicted octanol–water partition coefficient (Wildman–Crippen LogP) is -0.159. The molecule has 1 amide bonds. The van der Waals surface area contributed by atoms with Crippen LogP contribution in [-0.2, 0) is 4.79 Å². The molecule has 6 nitrogen and oxygen atoms in total. The molecular weight excluding hydrogens is 220 g/mol. The molecule has 2 aliphatic heterocycles. The Morgan fingerprint density at radius 3 is 3.00 bits per heavy atom. The summed E-state index contributed by atoms with van der Waals surface area (Å²) in [4.78, 5) is 11.2. The maximum absolute atomic E-state index is 11.2. The van der Waals surface area contributed by atoms with Gasteiger partial charge in [0.05, 0.1) is 11.9 Å². The molecule has 0 aromatic heterocycles. The summed E-state index contributed by atoms with van der Waals surface area (Å²) in [6, 6.07) is 5.93. The van der Waals surface area contributed by atoms with Crippen LogP contribution in [0.3, 0.4) is 0 Å². The number of nitrogens with one attached hydrogen (secondary N) is 3. The number of hydrogen-bond donors (Lipinski definition) is 4. The molecular formula is C11H14N4O2. The Morgan fingerprint density at radius 1 is 1.35 bits per heavy atom. The van der Waals surface area contributed by atoms with E-state index in [1.54, 1.807) is 0 Å². The minimum absolute atomic E-state index is 0.0399. The highest BCUT2D eigenvalue weighted by atomic mass is 16.5. The fraction of sp³-hybridized carbons (Fsp3) is 0.364. The van der Waals surface area contributed by atoms with Gasteiger partial charge in [-0.3, -0.25) is 4.79 Å². The first kappa shape index (κ1) is 10.5. The van der Waals surface area contributed by atoms with E-state index in [0.717, 1.165) is 17.7 Å². The van der Waals surface area contributed by atoms with E-state index < -0.39 is 0 Å². The van der Waals surface area contributed by atoms with Crippen LogP contribution in [0.5, 0.6) is 5.75 Å². The van der Waals surface area contributed by atoms with Gasteiger partial charge >= 0.3 is 0 Å². The van der Waals surface area contributed by atoms with Gasteiger partial charge in [0.2, 0.25) is 0 Å². The SMILES string of the molecule is NC1CC(c2ccc3c(c2)NC(=O)CO3)NN1. The highest BCUT2D eigenvalue weighted by Gasteiger charge is 2.24. The number of amides is 1. The van der Waals surface area contributed by atoms with Gasteiger partial charge < -0.3 is 15.8 Å². The van der Waals surface area contributed by atoms with Crippen LogP contribution in [0.4, 0.5) is 5.69 Å². The summed E-state index contributed by atoms with van der Waals surface area (Å²) in [5.41, 5.74) is 13.6. The topological polar surface area (TPSA) is 88.4 Å². The van der Waals surface area contributed by atoms with Gasteiger partial charge in [-0.25, -0.2) is 10.9 Å². The van der Waals surface area contributed by atoms with Crippen LogP contribution >= 0.6 is 0 Å². The lowest BCUT2D eigenvalue weighted by Crippen LogP contribution is -2.36. The number of benzene rings is 1. The van der Waals surface area contributed by atoms with Crippen molar-refractivity contribution >= 4 is 11.6 Å². The Labute approximate surface area is 98.5 Å². The number of carbonyl (C=O) groups excluding carboxylic acids is 1. The number of anilines is 1. The molecule has 0 bridgehead atoms. The van der Waals surface area contributed by atoms with Gasteiger partial charge in [0.1, 0.15) is 5.75 Å². The zero-order chi connectivity index (χ0) is 11.8. The zero-order valence-electron chi connectivity index (χ0n) is 9.19. The van der Waals surface area contributed by atoms with E-state index in [4.69, 9.17) is 10.5 Å². The first-order valence-electron chi connectivity index (χ1n) is 5.55. The van der Waals surface area contributed by atoms with E-state index in [1.165, 1.54) is 0 Å². The molecule has 0 spiro atoms. The van der Waals surface area contributed by atoms with E-state index in [9.17, 15) is 4.79 Å². The molecule has 0 aliphatic carbocycles. The lowest BCUT2D eigenvalue weighted by atomic mass is 10.0. The quantitative estimate of drug-likeness (QED) is 0.542. The minimum atomic E-state index is -0.121. The number of ether oxygens (including phenoxy) is 1. The summed E-state index contributed by atoms with van der Waals surface area (Å²) >= 11 is 0. The van der Waals surface area contributed by atoms with Gasteiger partial charge in [0, 0.05) is 6.04 Å². The molecule has 1 aromatic rings. The Morgan fingerprint density at radius 2 is 2.24 bits per heavy atom. The molecule has 90 valence electrons. The lowest BCUT2D eigenvalue weighted by Gasteiger charge is -2.20. The van der Waals surface area contributed by atoms with Gasteiger partial charge in [0.25, 0.3) is 5.91 Å². The maximum atomic E-state index is 11.2. The largest absolute Gasteiger partial charge is 0.482 e. The standard InChI is InChI=1S/C11H14N4O2/c12-10-4-7(14-15-10)6-1-2-9-8(3-6)13-11(16)5-17-9/h1-3,7,10,14-15H,4-5,12H2,(H,13,16). The Hall–Kier alpha value is -1.63. The Balaban J connectivity index is 1.87. The van der Waals surface area contributed by atoms with E-state index >= 15 is 0 Å². The smallest absolute Gasteiger partial charge is 0.262 e. The van der Waals surface area contributed by atoms with Crippen LogP contribution in [0, 0.1) is 0 Å². The van der Waals surface area contributed by atoms with Crippen molar-refractivity contribution in [3.8, 4) is 5.75 Å². The Bertz CT molecular complexity index is 463. The first-order valence-corrected chi connectivity index (χ1v) is 5.55. The number of hydrogen-bond acceptors (Lipinski definition) is 5. The normalized spacial score (nSPS) is 27.2. The second kappa shape index (κ2) is 3.99. The summed E-state index contributed by atoms with van der Waals surface area (Å²) in [5.74, 6) is 0.590. The summed E-state index contributed by atoms with van der Waals surface area (Å²) in [7, 11) is 0. The fourth-order valence-electron chi connectivity index (χ4n) is 2.12. The van der Waals surface area contributed by atoms with Crippen molar-refractivity contribution in [1.82, 2.24) is 10.9 Å². The molecule has 2 atom stereocenters. The van der Waals surface area contributed by atoms with Gasteiger partial charge in [0.15, 0.2) is 6.61 Å². The van der Waals surface area contributed by atoms with Crippen LogP contribution < -0.4 is 26.6 Å². The van der Waals surface area contributed by atoms with Crippen molar-refractivity contribution in [1.29, 1.82) is 0 Å². The molecule has 0 saturated carbocycles. The summed E-state index contributed by atoms with van der Waals surface area (Å²) < 4.78 is 5.30. The molecule has 1 aromatic carbocycles. The third-order valence-corrected chi connectivity index (χ3v) is 2.97. The van der Waals surface area contributed by atoms with Crippen LogP contribution in [0.1, 0.15) is 18.0 Å². The second-order valence-corrected chi connectivity index (χ2v) is 4.28. The zero-order valence-corrected chi connectivity index (χ0v) is 9.19. The third kappa shape index (κ3) is 1.97. The van der Waals surface area contributed by atoms with E-state index in [0.29, 0.717) is 5.75 Å². The molecule has 1 saturated heterocycles. The summed E-state index contributed by atoms with van der Waals surface area (Å²) in [5, 5.41) is 2.79. The summed E-state index contributed by atoms with van der Waals surface area (Å²) in [6.45, 7) is 0.0838. The fourth-order valence-corrected chi connectivity index (χ4v) is 2.12. The molecule has 2 unspecified atom stereocenters. The molecule has 5 N–H and O–H groups in total. The molecule has 6 heteroatoms. The molecule has 1 fully saturated rings. The van der Waals surface area contributed by atoms with Crippen LogP contribution in [0.2, 0.25) is 0 Å². The Kier molecular flexibility index (Phi) is 2.47. The van der Waals surface area contributed by atoms with E-state index in [-0.39, 0.29) is 24.7 Å². The maximum Gasteiger partial charge on any atom is 0.262 e. The highest BCUT2D eigenvalue weighted by molar-refractivity contribution is 5.95. The minimum Gasteiger partial charge on any atom is -0.482 e. The van der Waals surface area contributed by atoms with Gasteiger partial charge in [-0.15, -0.1) is 0 Å². The number of fused-ring (bicyclic) bond motifs is 1. The van der Waals surface area contributed by atoms with Crippen molar-refractivity contribution in [2.45, 2.75) is 18.6 Å². The third-order valence-electron chi connectivity index (χ3n) is 2.97. The van der Waals surface area contributed by atoms with Crippen molar-refractivity contribution in [2.24, 2.45) is 5.73 Å². The molecule has 17 heavy (non-hydrogen) atoms. The van der Waals surface area contributed by atoms with Gasteiger partial charge in [-0.2, -0.15) is 0 Å². The number of carbonyl (C=O) groups is 1. The van der Waals surface area contributed by atoms with Gasteiger partial charge in [-0.1, -0.05) is 6.07 Å². The van der Waals surface area contributed by atoms with E-state index in [2.05, 4.69) is 16.2 Å². The van der Waals surface area contributed by atoms with E-state index in [1.807, 2.05) is 18.2 Å². The number of nitrogens with two attached hydrogens (primary N) is 1. The van der Waals surface area contributed by atoms with Crippen molar-refractivity contribution in [3.63, 3.8) is 0 Å². The molecule has 2 aliphatic rings. The monoisotopic (exact) mass is 234 g/mol. The predicted molar refractivity (Wildman–Crippen MR) is 62.2 cm³/mol. The first-order chi connectivity index (χ1) is 8.22. The van der Waals surface area contributed by atoms with Crippen LogP contribution in [-0.4, -0.2) is 18.7 Å². The molecule has 2 heterocycles. The summed E-state index contributed by atoms with van der Waals surface area (Å²) in [6.07, 6.45) is 0.773. The number of hydrazine groups is 1. The number of rotatable bonds is 1. The highest BCUT2D eigenvalue weighted by Crippen LogP contribution is 2.32.